The van der Waals surface area contributed by atoms with Gasteiger partial charge < -0.3 is 14.8 Å². The van der Waals surface area contributed by atoms with Crippen LogP contribution in [0.1, 0.15) is 24.0 Å². The first-order chi connectivity index (χ1) is 13.0. The number of halogens is 2. The van der Waals surface area contributed by atoms with Crippen molar-refractivity contribution in [3.8, 4) is 5.75 Å². The second-order valence-electron chi connectivity index (χ2n) is 5.89. The summed E-state index contributed by atoms with van der Waals surface area (Å²) in [5, 5.41) is 3.14. The zero-order valence-corrected chi connectivity index (χ0v) is 15.7. The van der Waals surface area contributed by atoms with Gasteiger partial charge in [-0.15, -0.1) is 0 Å². The smallest absolute Gasteiger partial charge is 0.306 e. The van der Waals surface area contributed by atoms with Crippen molar-refractivity contribution in [2.45, 2.75) is 26.3 Å². The van der Waals surface area contributed by atoms with E-state index in [4.69, 9.17) is 21.1 Å². The van der Waals surface area contributed by atoms with Gasteiger partial charge in [0.25, 0.3) is 5.91 Å². The van der Waals surface area contributed by atoms with Crippen molar-refractivity contribution in [1.82, 2.24) is 5.32 Å². The first-order valence-corrected chi connectivity index (χ1v) is 8.88. The maximum atomic E-state index is 13.4. The summed E-state index contributed by atoms with van der Waals surface area (Å²) in [7, 11) is 0. The Kier molecular flexibility index (Phi) is 8.07. The van der Waals surface area contributed by atoms with Gasteiger partial charge in [-0.05, 0) is 43.2 Å². The minimum Gasteiger partial charge on any atom is -0.493 e. The molecule has 0 atom stereocenters. The van der Waals surface area contributed by atoms with E-state index in [-0.39, 0.29) is 13.0 Å². The Morgan fingerprint density at radius 2 is 1.96 bits per heavy atom. The number of hydrogen-bond acceptors (Lipinski definition) is 4. The standard InChI is InChI=1S/C20H21ClFNO4/c1-14-11-16(21)8-9-18(14)26-10-4-7-20(25)27-13-19(24)23-12-15-5-2-3-6-17(15)22/h2-3,5-6,8-9,11H,4,7,10,12-13H2,1H3,(H,23,24). The fourth-order valence-corrected chi connectivity index (χ4v) is 2.50. The van der Waals surface area contributed by atoms with Crippen LogP contribution in [-0.2, 0) is 20.9 Å². The van der Waals surface area contributed by atoms with Crippen molar-refractivity contribution in [1.29, 1.82) is 0 Å². The van der Waals surface area contributed by atoms with Gasteiger partial charge in [0.2, 0.25) is 0 Å². The molecule has 0 heterocycles. The number of carbonyl (C=O) groups is 2. The van der Waals surface area contributed by atoms with Gasteiger partial charge >= 0.3 is 5.97 Å². The number of ether oxygens (including phenoxy) is 2. The number of esters is 1. The highest BCUT2D eigenvalue weighted by atomic mass is 35.5. The number of benzene rings is 2. The Labute approximate surface area is 162 Å². The van der Waals surface area contributed by atoms with Crippen molar-refractivity contribution in [2.75, 3.05) is 13.2 Å². The number of rotatable bonds is 9. The van der Waals surface area contributed by atoms with E-state index < -0.39 is 24.3 Å². The zero-order chi connectivity index (χ0) is 19.6. The lowest BCUT2D eigenvalue weighted by molar-refractivity contribution is -0.148. The Bertz CT molecular complexity index is 797. The van der Waals surface area contributed by atoms with Crippen LogP contribution in [0.2, 0.25) is 5.02 Å². The van der Waals surface area contributed by atoms with Crippen LogP contribution >= 0.6 is 11.6 Å². The summed E-state index contributed by atoms with van der Waals surface area (Å²) >= 11 is 5.88. The molecule has 0 fully saturated rings. The van der Waals surface area contributed by atoms with Crippen LogP contribution in [0.25, 0.3) is 0 Å². The molecule has 0 unspecified atom stereocenters. The highest BCUT2D eigenvalue weighted by molar-refractivity contribution is 6.30. The highest BCUT2D eigenvalue weighted by Gasteiger charge is 2.09. The zero-order valence-electron chi connectivity index (χ0n) is 15.0. The molecular formula is C20H21ClFNO4. The van der Waals surface area contributed by atoms with Crippen molar-refractivity contribution in [2.24, 2.45) is 0 Å². The van der Waals surface area contributed by atoms with Gasteiger partial charge in [0.15, 0.2) is 6.61 Å². The topological polar surface area (TPSA) is 64.6 Å². The van der Waals surface area contributed by atoms with Crippen LogP contribution < -0.4 is 10.1 Å². The van der Waals surface area contributed by atoms with Crippen LogP contribution in [0.5, 0.6) is 5.75 Å². The third-order valence-electron chi connectivity index (χ3n) is 3.72. The third kappa shape index (κ3) is 7.27. The largest absolute Gasteiger partial charge is 0.493 e. The summed E-state index contributed by atoms with van der Waals surface area (Å²) in [5.74, 6) is -0.668. The summed E-state index contributed by atoms with van der Waals surface area (Å²) in [6, 6.07) is 11.4. The molecule has 0 saturated heterocycles. The molecule has 7 heteroatoms. The molecule has 0 radical (unpaired) electrons. The maximum absolute atomic E-state index is 13.4. The number of hydrogen-bond donors (Lipinski definition) is 1. The fraction of sp³-hybridized carbons (Fsp3) is 0.300. The van der Waals surface area contributed by atoms with Crippen LogP contribution in [0, 0.1) is 12.7 Å². The molecule has 5 nitrogen and oxygen atoms in total. The number of amides is 1. The van der Waals surface area contributed by atoms with Gasteiger partial charge in [0, 0.05) is 23.6 Å². The van der Waals surface area contributed by atoms with Gasteiger partial charge in [0.1, 0.15) is 11.6 Å². The quantitative estimate of drug-likeness (QED) is 0.519. The molecule has 1 N–H and O–H groups in total. The SMILES string of the molecule is Cc1cc(Cl)ccc1OCCCC(=O)OCC(=O)NCc1ccccc1F. The van der Waals surface area contributed by atoms with Crippen LogP contribution in [0.3, 0.4) is 0 Å². The molecular weight excluding hydrogens is 373 g/mol. The molecule has 2 aromatic rings. The van der Waals surface area contributed by atoms with Gasteiger partial charge in [-0.3, -0.25) is 9.59 Å². The van der Waals surface area contributed by atoms with E-state index in [9.17, 15) is 14.0 Å². The van der Waals surface area contributed by atoms with E-state index >= 15 is 0 Å². The van der Waals surface area contributed by atoms with Crippen molar-refractivity contribution in [3.05, 3.63) is 64.4 Å². The van der Waals surface area contributed by atoms with Crippen molar-refractivity contribution >= 4 is 23.5 Å². The summed E-state index contributed by atoms with van der Waals surface area (Å²) in [6.07, 6.45) is 0.588. The van der Waals surface area contributed by atoms with Gasteiger partial charge in [0.05, 0.1) is 6.61 Å². The monoisotopic (exact) mass is 393 g/mol. The predicted octanol–water partition coefficient (Wildman–Crippen LogP) is 3.81. The van der Waals surface area contributed by atoms with Crippen molar-refractivity contribution < 1.29 is 23.5 Å². The third-order valence-corrected chi connectivity index (χ3v) is 3.95. The Balaban J connectivity index is 1.60. The molecule has 1 amide bonds. The molecule has 0 spiro atoms. The van der Waals surface area contributed by atoms with Crippen LogP contribution in [0.15, 0.2) is 42.5 Å². The average molecular weight is 394 g/mol. The Morgan fingerprint density at radius 1 is 1.19 bits per heavy atom. The highest BCUT2D eigenvalue weighted by Crippen LogP contribution is 2.21. The molecule has 0 saturated carbocycles. The van der Waals surface area contributed by atoms with Gasteiger partial charge in [-0.25, -0.2) is 4.39 Å². The average Bonchev–Trinajstić information content (AvgIpc) is 2.64. The van der Waals surface area contributed by atoms with Crippen LogP contribution in [-0.4, -0.2) is 25.1 Å². The molecule has 2 rings (SSSR count). The number of nitrogens with one attached hydrogen (secondary N) is 1. The predicted molar refractivity (Wildman–Crippen MR) is 100 cm³/mol. The molecule has 0 aromatic heterocycles. The Hall–Kier alpha value is -2.60. The lowest BCUT2D eigenvalue weighted by Crippen LogP contribution is -2.28. The molecule has 144 valence electrons. The number of aryl methyl sites for hydroxylation is 1. The molecule has 0 aliphatic heterocycles. The number of carbonyl (C=O) groups excluding carboxylic acids is 2. The molecule has 0 aliphatic rings. The van der Waals surface area contributed by atoms with E-state index in [1.807, 2.05) is 6.92 Å². The minimum absolute atomic E-state index is 0.0390. The maximum Gasteiger partial charge on any atom is 0.306 e. The van der Waals surface area contributed by atoms with Gasteiger partial charge in [-0.2, -0.15) is 0 Å². The van der Waals surface area contributed by atoms with E-state index in [1.165, 1.54) is 6.07 Å². The van der Waals surface area contributed by atoms with Gasteiger partial charge in [-0.1, -0.05) is 29.8 Å². The summed E-state index contributed by atoms with van der Waals surface area (Å²) in [4.78, 5) is 23.3. The second kappa shape index (κ2) is 10.5. The fourth-order valence-electron chi connectivity index (χ4n) is 2.28. The molecule has 2 aromatic carbocycles. The lowest BCUT2D eigenvalue weighted by atomic mass is 10.2. The second-order valence-corrected chi connectivity index (χ2v) is 6.33. The van der Waals surface area contributed by atoms with Crippen molar-refractivity contribution in [3.63, 3.8) is 0 Å². The lowest BCUT2D eigenvalue weighted by Gasteiger charge is -2.09. The summed E-state index contributed by atoms with van der Waals surface area (Å²) < 4.78 is 23.9. The first kappa shape index (κ1) is 20.7. The first-order valence-electron chi connectivity index (χ1n) is 8.50. The minimum atomic E-state index is -0.493. The normalized spacial score (nSPS) is 10.3. The molecule has 0 bridgehead atoms. The molecule has 27 heavy (non-hydrogen) atoms. The summed E-state index contributed by atoms with van der Waals surface area (Å²) in [5.41, 5.74) is 1.28. The Morgan fingerprint density at radius 3 is 2.70 bits per heavy atom. The van der Waals surface area contributed by atoms with E-state index in [1.54, 1.807) is 36.4 Å². The molecule has 0 aliphatic carbocycles. The van der Waals surface area contributed by atoms with E-state index in [2.05, 4.69) is 5.32 Å². The van der Waals surface area contributed by atoms with E-state index in [0.717, 1.165) is 5.56 Å². The van der Waals surface area contributed by atoms with E-state index in [0.29, 0.717) is 29.4 Å². The summed E-state index contributed by atoms with van der Waals surface area (Å²) in [6.45, 7) is 1.87. The van der Waals surface area contributed by atoms with Crippen LogP contribution in [0.4, 0.5) is 4.39 Å².